The number of halogens is 6. The van der Waals surface area contributed by atoms with E-state index >= 15 is 0 Å². The summed E-state index contributed by atoms with van der Waals surface area (Å²) in [5.74, 6) is 0. The smallest absolute Gasteiger partial charge is 0.258 e. The van der Waals surface area contributed by atoms with Gasteiger partial charge in [-0.3, -0.25) is 10.1 Å². The van der Waals surface area contributed by atoms with Crippen LogP contribution < -0.4 is 0 Å². The summed E-state index contributed by atoms with van der Waals surface area (Å²) < 4.78 is 76.0. The third kappa shape index (κ3) is 3.02. The van der Waals surface area contributed by atoms with E-state index in [-0.39, 0.29) is 16.4 Å². The van der Waals surface area contributed by atoms with Crippen LogP contribution in [0, 0.1) is 10.1 Å². The van der Waals surface area contributed by atoms with E-state index < -0.39 is 34.4 Å². The predicted octanol–water partition coefficient (Wildman–Crippen LogP) is 3.82. The largest absolute Gasteiger partial charge is 0.435 e. The molecular weight excluding hydrogens is 320 g/mol. The lowest BCUT2D eigenvalue weighted by Gasteiger charge is -2.09. The van der Waals surface area contributed by atoms with Crippen LogP contribution in [0.2, 0.25) is 0 Å². The second kappa shape index (κ2) is 5.00. The highest BCUT2D eigenvalue weighted by molar-refractivity contribution is 5.42. The van der Waals surface area contributed by atoms with Gasteiger partial charge in [0.25, 0.3) is 5.69 Å². The van der Waals surface area contributed by atoms with Crippen LogP contribution >= 0.6 is 0 Å². The quantitative estimate of drug-likeness (QED) is 0.479. The molecule has 0 spiro atoms. The highest BCUT2D eigenvalue weighted by atomic mass is 19.4. The molecule has 0 bridgehead atoms. The Kier molecular flexibility index (Phi) is 3.59. The molecule has 22 heavy (non-hydrogen) atoms. The number of nitro benzene ring substituents is 1. The van der Waals surface area contributed by atoms with Crippen LogP contribution in [0.15, 0.2) is 30.3 Å². The highest BCUT2D eigenvalue weighted by Gasteiger charge is 2.42. The number of hydrogen-bond acceptors (Lipinski definition) is 3. The lowest BCUT2D eigenvalue weighted by atomic mass is 10.2. The van der Waals surface area contributed by atoms with E-state index in [1.165, 1.54) is 0 Å². The number of rotatable bonds is 2. The Hall–Kier alpha value is -2.59. The zero-order valence-electron chi connectivity index (χ0n) is 10.3. The number of nitro groups is 1. The molecule has 0 N–H and O–H groups in total. The second-order valence-electron chi connectivity index (χ2n) is 4.10. The fraction of sp³-hybridized carbons (Fsp3) is 0.182. The molecule has 0 radical (unpaired) electrons. The first-order valence-electron chi connectivity index (χ1n) is 5.49. The Balaban J connectivity index is 2.58. The van der Waals surface area contributed by atoms with Gasteiger partial charge in [0.1, 0.15) is 5.69 Å². The summed E-state index contributed by atoms with van der Waals surface area (Å²) in [5, 5.41) is 13.4. The molecule has 0 saturated carbocycles. The third-order valence-electron chi connectivity index (χ3n) is 2.60. The number of alkyl halides is 6. The van der Waals surface area contributed by atoms with Gasteiger partial charge in [-0.05, 0) is 12.1 Å². The third-order valence-corrected chi connectivity index (χ3v) is 2.60. The summed E-state index contributed by atoms with van der Waals surface area (Å²) in [5.41, 5.74) is -4.14. The molecule has 0 fully saturated rings. The van der Waals surface area contributed by atoms with E-state index in [1.54, 1.807) is 0 Å². The van der Waals surface area contributed by atoms with Crippen molar-refractivity contribution in [1.29, 1.82) is 0 Å². The summed E-state index contributed by atoms with van der Waals surface area (Å²) >= 11 is 0. The molecule has 1 heterocycles. The van der Waals surface area contributed by atoms with Crippen LogP contribution in [0.4, 0.5) is 32.0 Å². The van der Waals surface area contributed by atoms with Crippen molar-refractivity contribution in [2.24, 2.45) is 0 Å². The van der Waals surface area contributed by atoms with Gasteiger partial charge in [0, 0.05) is 18.2 Å². The van der Waals surface area contributed by atoms with Gasteiger partial charge in [0.05, 0.1) is 10.6 Å². The Labute approximate surface area is 117 Å². The van der Waals surface area contributed by atoms with E-state index in [9.17, 15) is 36.5 Å². The minimum Gasteiger partial charge on any atom is -0.258 e. The fourth-order valence-electron chi connectivity index (χ4n) is 1.63. The Morgan fingerprint density at radius 3 is 1.95 bits per heavy atom. The average Bonchev–Trinajstić information content (AvgIpc) is 2.83. The van der Waals surface area contributed by atoms with Crippen LogP contribution in [-0.2, 0) is 12.4 Å². The molecule has 0 atom stereocenters. The molecule has 1 aromatic heterocycles. The molecule has 11 heteroatoms. The Bertz CT molecular complexity index is 702. The predicted molar refractivity (Wildman–Crippen MR) is 60.2 cm³/mol. The maximum absolute atomic E-state index is 12.8. The van der Waals surface area contributed by atoms with E-state index in [2.05, 4.69) is 5.10 Å². The van der Waals surface area contributed by atoms with Crippen molar-refractivity contribution < 1.29 is 31.3 Å². The van der Waals surface area contributed by atoms with Crippen molar-refractivity contribution in [2.75, 3.05) is 0 Å². The first-order chi connectivity index (χ1) is 10.00. The molecule has 0 amide bonds. The van der Waals surface area contributed by atoms with Gasteiger partial charge < -0.3 is 0 Å². The summed E-state index contributed by atoms with van der Waals surface area (Å²) in [7, 11) is 0. The summed E-state index contributed by atoms with van der Waals surface area (Å²) in [6.45, 7) is 0. The molecule has 2 aromatic rings. The number of hydrogen-bond donors (Lipinski definition) is 0. The van der Waals surface area contributed by atoms with Crippen molar-refractivity contribution in [1.82, 2.24) is 9.78 Å². The van der Waals surface area contributed by atoms with Crippen molar-refractivity contribution in [3.8, 4) is 5.69 Å². The molecule has 2 rings (SSSR count). The van der Waals surface area contributed by atoms with Crippen molar-refractivity contribution in [2.45, 2.75) is 12.4 Å². The number of nitrogens with zero attached hydrogens (tertiary/aromatic N) is 3. The molecular formula is C11H5F6N3O2. The first kappa shape index (κ1) is 15.8. The van der Waals surface area contributed by atoms with Crippen molar-refractivity contribution in [3.63, 3.8) is 0 Å². The van der Waals surface area contributed by atoms with E-state index in [1.807, 2.05) is 0 Å². The molecule has 0 aliphatic carbocycles. The van der Waals surface area contributed by atoms with Crippen molar-refractivity contribution in [3.05, 3.63) is 51.8 Å². The molecule has 5 nitrogen and oxygen atoms in total. The van der Waals surface area contributed by atoms with Gasteiger partial charge in [-0.1, -0.05) is 0 Å². The molecule has 0 aliphatic heterocycles. The van der Waals surface area contributed by atoms with Crippen molar-refractivity contribution >= 4 is 5.69 Å². The standard InChI is InChI=1S/C11H5F6N3O2/c12-10(13,14)8-5-9(11(15,16)17)19(18-8)6-1-3-7(4-2-6)20(21)22/h1-5H. The fourth-order valence-corrected chi connectivity index (χ4v) is 1.63. The van der Waals surface area contributed by atoms with Crippen LogP contribution in [0.3, 0.4) is 0 Å². The van der Waals surface area contributed by atoms with Gasteiger partial charge in [-0.25, -0.2) is 4.68 Å². The van der Waals surface area contributed by atoms with Gasteiger partial charge in [0.15, 0.2) is 5.69 Å². The van der Waals surface area contributed by atoms with E-state index in [4.69, 9.17) is 0 Å². The molecule has 118 valence electrons. The number of benzene rings is 1. The summed E-state index contributed by atoms with van der Waals surface area (Å²) in [6, 6.07) is 3.36. The van der Waals surface area contributed by atoms with Gasteiger partial charge in [-0.15, -0.1) is 0 Å². The molecule has 0 saturated heterocycles. The van der Waals surface area contributed by atoms with E-state index in [0.29, 0.717) is 0 Å². The number of aromatic nitrogens is 2. The normalized spacial score (nSPS) is 12.5. The summed E-state index contributed by atoms with van der Waals surface area (Å²) in [6.07, 6.45) is -10.1. The first-order valence-corrected chi connectivity index (χ1v) is 5.49. The maximum atomic E-state index is 12.8. The van der Waals surface area contributed by atoms with Crippen LogP contribution in [0.25, 0.3) is 5.69 Å². The number of non-ortho nitro benzene ring substituents is 1. The van der Waals surface area contributed by atoms with Gasteiger partial charge in [0.2, 0.25) is 0 Å². The molecule has 1 aromatic carbocycles. The zero-order chi connectivity index (χ0) is 16.7. The van der Waals surface area contributed by atoms with Crippen LogP contribution in [0.5, 0.6) is 0 Å². The van der Waals surface area contributed by atoms with Gasteiger partial charge in [-0.2, -0.15) is 31.4 Å². The maximum Gasteiger partial charge on any atom is 0.435 e. The Morgan fingerprint density at radius 2 is 1.55 bits per heavy atom. The monoisotopic (exact) mass is 325 g/mol. The van der Waals surface area contributed by atoms with Crippen LogP contribution in [-0.4, -0.2) is 14.7 Å². The lowest BCUT2D eigenvalue weighted by molar-refractivity contribution is -0.384. The molecule has 0 aliphatic rings. The minimum atomic E-state index is -5.07. The zero-order valence-corrected chi connectivity index (χ0v) is 10.3. The second-order valence-corrected chi connectivity index (χ2v) is 4.10. The highest BCUT2D eigenvalue weighted by Crippen LogP contribution is 2.36. The molecule has 0 unspecified atom stereocenters. The Morgan fingerprint density at radius 1 is 1.00 bits per heavy atom. The SMILES string of the molecule is O=[N+]([O-])c1ccc(-n2nc(C(F)(F)F)cc2C(F)(F)F)cc1. The van der Waals surface area contributed by atoms with Gasteiger partial charge >= 0.3 is 12.4 Å². The van der Waals surface area contributed by atoms with E-state index in [0.717, 1.165) is 24.3 Å². The average molecular weight is 325 g/mol. The topological polar surface area (TPSA) is 61.0 Å². The minimum absolute atomic E-state index is 0.0482. The summed E-state index contributed by atoms with van der Waals surface area (Å²) in [4.78, 5) is 9.67. The lowest BCUT2D eigenvalue weighted by Crippen LogP contribution is -2.13. The van der Waals surface area contributed by atoms with Crippen LogP contribution in [0.1, 0.15) is 11.4 Å².